The molecule has 2 saturated heterocycles. The number of ether oxygens (including phenoxy) is 1. The molecule has 3 unspecified atom stereocenters. The lowest BCUT2D eigenvalue weighted by atomic mass is 9.92. The van der Waals surface area contributed by atoms with Gasteiger partial charge in [0, 0.05) is 71.2 Å². The molecule has 40 heavy (non-hydrogen) atoms. The minimum absolute atomic E-state index is 0.133. The second-order valence-electron chi connectivity index (χ2n) is 10.2. The fraction of sp³-hybridized carbons (Fsp3) is 0.600. The lowest BCUT2D eigenvalue weighted by Gasteiger charge is -2.44. The number of hydrogen-bond donors (Lipinski definition) is 2. The van der Waals surface area contributed by atoms with E-state index in [0.717, 1.165) is 58.4 Å². The van der Waals surface area contributed by atoms with Gasteiger partial charge in [-0.2, -0.15) is 0 Å². The molecular weight excluding hydrogens is 523 g/mol. The van der Waals surface area contributed by atoms with Gasteiger partial charge < -0.3 is 19.9 Å². The number of methoxy groups -OCH3 is 1. The maximum absolute atomic E-state index is 13.4. The van der Waals surface area contributed by atoms with Crippen molar-refractivity contribution in [2.24, 2.45) is 5.92 Å². The quantitative estimate of drug-likeness (QED) is 0.384. The van der Waals surface area contributed by atoms with Crippen molar-refractivity contribution in [3.8, 4) is 0 Å². The third-order valence-corrected chi connectivity index (χ3v) is 9.55. The third kappa shape index (κ3) is 9.75. The van der Waals surface area contributed by atoms with E-state index >= 15 is 0 Å². The zero-order valence-corrected chi connectivity index (χ0v) is 26.1. The smallest absolute Gasteiger partial charge is 0.225 e. The van der Waals surface area contributed by atoms with Crippen molar-refractivity contribution >= 4 is 20.2 Å². The molecule has 10 heteroatoms. The molecule has 2 fully saturated rings. The second-order valence-corrected chi connectivity index (χ2v) is 11.9. The Labute approximate surface area is 243 Å². The number of rotatable bonds is 5. The highest BCUT2D eigenvalue weighted by molar-refractivity contribution is 7.47. The van der Waals surface area contributed by atoms with Gasteiger partial charge in [0.1, 0.15) is 5.82 Å². The normalized spacial score (nSPS) is 25.6. The number of nitrogen functional groups attached to an aromatic ring is 1. The molecule has 3 N–H and O–H groups in total. The first kappa shape index (κ1) is 34.1. The highest BCUT2D eigenvalue weighted by Crippen LogP contribution is 2.43. The van der Waals surface area contributed by atoms with Crippen LogP contribution in [-0.2, 0) is 14.1 Å². The molecule has 4 rings (SSSR count). The third-order valence-electron chi connectivity index (χ3n) is 7.65. The Hall–Kier alpha value is -2.13. The Morgan fingerprint density at radius 1 is 1.12 bits per heavy atom. The molecule has 1 aromatic heterocycles. The molecule has 3 aliphatic heterocycles. The highest BCUT2D eigenvalue weighted by atomic mass is 31.2. The van der Waals surface area contributed by atoms with E-state index in [1.807, 2.05) is 12.1 Å². The molecule has 0 bridgehead atoms. The lowest BCUT2D eigenvalue weighted by Crippen LogP contribution is -2.50. The van der Waals surface area contributed by atoms with Gasteiger partial charge in [0.25, 0.3) is 0 Å². The molecule has 0 aliphatic carbocycles. The van der Waals surface area contributed by atoms with Crippen LogP contribution in [0.1, 0.15) is 51.1 Å². The molecular formula is C30H51N6O3P. The summed E-state index contributed by atoms with van der Waals surface area (Å²) in [6.07, 6.45) is 14.2. The van der Waals surface area contributed by atoms with Crippen LogP contribution in [0.25, 0.3) is 0 Å². The minimum atomic E-state index is -0.870. The van der Waals surface area contributed by atoms with E-state index in [2.05, 4.69) is 80.6 Å². The Bertz CT molecular complexity index is 932. The van der Waals surface area contributed by atoms with Crippen molar-refractivity contribution in [3.63, 3.8) is 0 Å². The summed E-state index contributed by atoms with van der Waals surface area (Å²) in [7, 11) is 4.17. The van der Waals surface area contributed by atoms with Gasteiger partial charge in [-0.25, -0.2) is 9.65 Å². The number of nitrogens with one attached hydrogen (secondary N) is 1. The van der Waals surface area contributed by atoms with Crippen LogP contribution in [0.15, 0.2) is 55.8 Å². The lowest BCUT2D eigenvalue weighted by molar-refractivity contribution is -0.138. The molecule has 4 heterocycles. The number of pyridine rings is 1. The van der Waals surface area contributed by atoms with Gasteiger partial charge >= 0.3 is 0 Å². The van der Waals surface area contributed by atoms with Gasteiger partial charge in [0.05, 0.1) is 0 Å². The van der Waals surface area contributed by atoms with Crippen molar-refractivity contribution in [1.29, 1.82) is 0 Å². The Morgan fingerprint density at radius 2 is 1.77 bits per heavy atom. The van der Waals surface area contributed by atoms with Crippen LogP contribution >= 0.6 is 8.45 Å². The molecule has 0 aromatic carbocycles. The van der Waals surface area contributed by atoms with Crippen LogP contribution in [0.5, 0.6) is 0 Å². The number of amides is 1. The molecule has 1 aromatic rings. The largest absolute Gasteiger partial charge is 0.388 e. The summed E-state index contributed by atoms with van der Waals surface area (Å²) in [5, 5.41) is 3.55. The van der Waals surface area contributed by atoms with Crippen LogP contribution < -0.4 is 10.8 Å². The maximum Gasteiger partial charge on any atom is 0.225 e. The zero-order chi connectivity index (χ0) is 29.5. The van der Waals surface area contributed by atoms with Gasteiger partial charge in [0.2, 0.25) is 5.91 Å². The number of piperidine rings is 2. The number of anilines is 1. The standard InChI is InChI=1S/C26H41N6O2P.C2H6O.C2H4/c1-20-7-5-4-6-13-29-35(34-3)32(20)24-11-17-31(18-12-24)26(33)22-9-15-30(16-10-22)21(2)23-8-14-28-25(27)19-23;1-3-2;1-2/h4-8,14,19-22,24,29H,9-13,15-18H2,1-3H3,(H2,27,28);1-2H3;1-2H2/b6-4-,7-5-;;. The molecule has 0 radical (unpaired) electrons. The topological polar surface area (TPSA) is 96.2 Å². The summed E-state index contributed by atoms with van der Waals surface area (Å²) in [6, 6.07) is 4.97. The van der Waals surface area contributed by atoms with E-state index in [9.17, 15) is 4.79 Å². The summed E-state index contributed by atoms with van der Waals surface area (Å²) in [4.78, 5) is 22.1. The van der Waals surface area contributed by atoms with E-state index in [4.69, 9.17) is 10.3 Å². The predicted molar refractivity (Wildman–Crippen MR) is 167 cm³/mol. The van der Waals surface area contributed by atoms with E-state index in [1.165, 1.54) is 5.56 Å². The van der Waals surface area contributed by atoms with Gasteiger partial charge in [-0.05, 0) is 70.3 Å². The molecule has 224 valence electrons. The van der Waals surface area contributed by atoms with Gasteiger partial charge in [-0.1, -0.05) is 24.3 Å². The van der Waals surface area contributed by atoms with Crippen molar-refractivity contribution in [2.45, 2.75) is 57.7 Å². The van der Waals surface area contributed by atoms with Crippen molar-refractivity contribution in [3.05, 3.63) is 61.4 Å². The number of carbonyl (C=O) groups is 1. The molecule has 0 spiro atoms. The highest BCUT2D eigenvalue weighted by Gasteiger charge is 2.36. The molecule has 3 aliphatic rings. The molecule has 0 saturated carbocycles. The van der Waals surface area contributed by atoms with E-state index < -0.39 is 8.45 Å². The maximum atomic E-state index is 13.4. The molecule has 1 amide bonds. The Kier molecular flexibility index (Phi) is 15.6. The molecule has 9 nitrogen and oxygen atoms in total. The number of allylic oxidation sites excluding steroid dienone is 2. The summed E-state index contributed by atoms with van der Waals surface area (Å²) in [5.74, 6) is 1.04. The van der Waals surface area contributed by atoms with Crippen LogP contribution in [0.4, 0.5) is 5.82 Å². The van der Waals surface area contributed by atoms with Gasteiger partial charge in [-0.3, -0.25) is 14.8 Å². The van der Waals surface area contributed by atoms with Crippen molar-refractivity contribution in [1.82, 2.24) is 24.5 Å². The SMILES string of the molecule is C=C.COC.COP1NC/C=C\C=C/C(C)N1C1CCN(C(=O)C2CCN(C(C)c3ccnc(N)c3)CC2)CC1. The Morgan fingerprint density at radius 3 is 2.38 bits per heavy atom. The average molecular weight is 575 g/mol. The van der Waals surface area contributed by atoms with Crippen LogP contribution in [0.3, 0.4) is 0 Å². The van der Waals surface area contributed by atoms with E-state index in [-0.39, 0.29) is 18.0 Å². The Balaban J connectivity index is 0.00000105. The number of aromatic nitrogens is 1. The first-order valence-electron chi connectivity index (χ1n) is 14.2. The van der Waals surface area contributed by atoms with Gasteiger partial charge in [0.15, 0.2) is 8.45 Å². The zero-order valence-electron chi connectivity index (χ0n) is 25.2. The number of nitrogens with zero attached hydrogens (tertiary/aromatic N) is 4. The predicted octanol–water partition coefficient (Wildman–Crippen LogP) is 4.77. The number of likely N-dealkylation sites (tertiary alicyclic amines) is 2. The summed E-state index contributed by atoms with van der Waals surface area (Å²) in [5.41, 5.74) is 7.06. The van der Waals surface area contributed by atoms with Crippen LogP contribution in [-0.4, -0.2) is 91.5 Å². The number of hydrogen-bond acceptors (Lipinski definition) is 8. The van der Waals surface area contributed by atoms with Crippen LogP contribution in [0, 0.1) is 5.92 Å². The van der Waals surface area contributed by atoms with Crippen molar-refractivity contribution in [2.75, 3.05) is 59.8 Å². The summed E-state index contributed by atoms with van der Waals surface area (Å²) >= 11 is 0. The van der Waals surface area contributed by atoms with E-state index in [1.54, 1.807) is 27.5 Å². The van der Waals surface area contributed by atoms with Crippen molar-refractivity contribution < 1.29 is 14.1 Å². The fourth-order valence-corrected chi connectivity index (χ4v) is 7.23. The van der Waals surface area contributed by atoms with Crippen LogP contribution in [0.2, 0.25) is 0 Å². The number of nitrogens with two attached hydrogens (primary N) is 1. The first-order chi connectivity index (χ1) is 19.4. The average Bonchev–Trinajstić information content (AvgIpc) is 3.08. The summed E-state index contributed by atoms with van der Waals surface area (Å²) < 4.78 is 12.6. The molecule has 3 atom stereocenters. The van der Waals surface area contributed by atoms with Gasteiger partial charge in [-0.15, -0.1) is 13.2 Å². The summed E-state index contributed by atoms with van der Waals surface area (Å²) in [6.45, 7) is 14.8. The number of carbonyl (C=O) groups excluding carboxylic acids is 1. The van der Waals surface area contributed by atoms with E-state index in [0.29, 0.717) is 17.8 Å². The fourth-order valence-electron chi connectivity index (χ4n) is 5.56. The second kappa shape index (κ2) is 18.3. The minimum Gasteiger partial charge on any atom is -0.388 e. The monoisotopic (exact) mass is 574 g/mol. The first-order valence-corrected chi connectivity index (χ1v) is 15.4.